The van der Waals surface area contributed by atoms with Crippen molar-refractivity contribution >= 4 is 50.7 Å². The van der Waals surface area contributed by atoms with Gasteiger partial charge in [0.05, 0.1) is 17.0 Å². The Labute approximate surface area is 190 Å². The van der Waals surface area contributed by atoms with Crippen molar-refractivity contribution < 1.29 is 17.6 Å². The smallest absolute Gasteiger partial charge is 0.245 e. The van der Waals surface area contributed by atoms with Gasteiger partial charge in [0, 0.05) is 16.3 Å². The van der Waals surface area contributed by atoms with Crippen molar-refractivity contribution in [2.75, 3.05) is 22.4 Å². The number of thioether (sulfide) groups is 1. The molecule has 5 nitrogen and oxygen atoms in total. The van der Waals surface area contributed by atoms with Gasteiger partial charge in [-0.05, 0) is 48.0 Å². The largest absolute Gasteiger partial charge is 0.325 e. The second-order valence-corrected chi connectivity index (χ2v) is 10.1. The van der Waals surface area contributed by atoms with E-state index in [0.29, 0.717) is 5.69 Å². The first kappa shape index (κ1) is 23.1. The van der Waals surface area contributed by atoms with Crippen molar-refractivity contribution in [1.29, 1.82) is 0 Å². The summed E-state index contributed by atoms with van der Waals surface area (Å²) in [4.78, 5) is 13.6. The Morgan fingerprint density at radius 3 is 2.35 bits per heavy atom. The molecule has 162 valence electrons. The van der Waals surface area contributed by atoms with E-state index in [-0.39, 0.29) is 10.7 Å². The SMILES string of the molecule is CS(=O)(=O)N(CC(=O)Nc1ccc(CSc2ccccc2)cc1)c1ccc(F)c(Cl)c1. The maximum Gasteiger partial charge on any atom is 0.245 e. The number of rotatable bonds is 8. The lowest BCUT2D eigenvalue weighted by molar-refractivity contribution is -0.114. The predicted molar refractivity (Wildman–Crippen MR) is 125 cm³/mol. The molecule has 1 amide bonds. The van der Waals surface area contributed by atoms with Crippen LogP contribution in [-0.4, -0.2) is 27.1 Å². The summed E-state index contributed by atoms with van der Waals surface area (Å²) in [7, 11) is -3.79. The molecular formula is C22H20ClFN2O3S2. The highest BCUT2D eigenvalue weighted by Gasteiger charge is 2.22. The monoisotopic (exact) mass is 478 g/mol. The highest BCUT2D eigenvalue weighted by Crippen LogP contribution is 2.25. The van der Waals surface area contributed by atoms with Crippen LogP contribution in [0.2, 0.25) is 5.02 Å². The van der Waals surface area contributed by atoms with Gasteiger partial charge in [-0.25, -0.2) is 12.8 Å². The first-order chi connectivity index (χ1) is 14.7. The first-order valence-corrected chi connectivity index (χ1v) is 12.4. The summed E-state index contributed by atoms with van der Waals surface area (Å²) in [6.07, 6.45) is 0.969. The zero-order chi connectivity index (χ0) is 22.4. The maximum atomic E-state index is 13.4. The summed E-state index contributed by atoms with van der Waals surface area (Å²) in [6.45, 7) is -0.466. The fourth-order valence-corrected chi connectivity index (χ4v) is 4.64. The number of halogens is 2. The van der Waals surface area contributed by atoms with E-state index >= 15 is 0 Å². The molecule has 0 radical (unpaired) electrons. The predicted octanol–water partition coefficient (Wildman–Crippen LogP) is 5.18. The van der Waals surface area contributed by atoms with E-state index in [1.54, 1.807) is 23.9 Å². The van der Waals surface area contributed by atoms with E-state index in [0.717, 1.165) is 27.9 Å². The van der Waals surface area contributed by atoms with Gasteiger partial charge < -0.3 is 5.32 Å². The number of benzene rings is 3. The summed E-state index contributed by atoms with van der Waals surface area (Å²) < 4.78 is 38.6. The Kier molecular flexibility index (Phi) is 7.59. The molecule has 0 saturated heterocycles. The minimum absolute atomic E-state index is 0.109. The van der Waals surface area contributed by atoms with E-state index < -0.39 is 28.3 Å². The molecule has 0 heterocycles. The molecule has 0 unspecified atom stereocenters. The lowest BCUT2D eigenvalue weighted by Crippen LogP contribution is -2.37. The number of hydrogen-bond acceptors (Lipinski definition) is 4. The first-order valence-electron chi connectivity index (χ1n) is 9.22. The van der Waals surface area contributed by atoms with Crippen molar-refractivity contribution in [1.82, 2.24) is 0 Å². The molecule has 0 aromatic heterocycles. The Morgan fingerprint density at radius 2 is 1.74 bits per heavy atom. The summed E-state index contributed by atoms with van der Waals surface area (Å²) >= 11 is 7.46. The summed E-state index contributed by atoms with van der Waals surface area (Å²) in [5, 5.41) is 2.46. The third kappa shape index (κ3) is 6.72. The van der Waals surface area contributed by atoms with Crippen LogP contribution in [0.5, 0.6) is 0 Å². The van der Waals surface area contributed by atoms with Gasteiger partial charge in [-0.15, -0.1) is 11.8 Å². The fraction of sp³-hybridized carbons (Fsp3) is 0.136. The number of nitrogens with zero attached hydrogens (tertiary/aromatic N) is 1. The lowest BCUT2D eigenvalue weighted by Gasteiger charge is -2.22. The van der Waals surface area contributed by atoms with Crippen LogP contribution in [-0.2, 0) is 20.6 Å². The topological polar surface area (TPSA) is 66.5 Å². The highest BCUT2D eigenvalue weighted by molar-refractivity contribution is 7.98. The molecule has 0 aliphatic carbocycles. The third-order valence-corrected chi connectivity index (χ3v) is 6.78. The quantitative estimate of drug-likeness (QED) is 0.453. The number of nitrogens with one attached hydrogen (secondary N) is 1. The minimum atomic E-state index is -3.79. The average molecular weight is 479 g/mol. The van der Waals surface area contributed by atoms with Crippen molar-refractivity contribution in [3.05, 3.63) is 89.2 Å². The van der Waals surface area contributed by atoms with Gasteiger partial charge in [-0.1, -0.05) is 41.9 Å². The average Bonchev–Trinajstić information content (AvgIpc) is 2.73. The van der Waals surface area contributed by atoms with Crippen LogP contribution in [0, 0.1) is 5.82 Å². The molecule has 0 aliphatic heterocycles. The van der Waals surface area contributed by atoms with Crippen molar-refractivity contribution in [2.24, 2.45) is 0 Å². The summed E-state index contributed by atoms with van der Waals surface area (Å²) in [6, 6.07) is 20.8. The number of anilines is 2. The van der Waals surface area contributed by atoms with E-state index in [9.17, 15) is 17.6 Å². The van der Waals surface area contributed by atoms with Crippen molar-refractivity contribution in [3.63, 3.8) is 0 Å². The van der Waals surface area contributed by atoms with Crippen molar-refractivity contribution in [2.45, 2.75) is 10.6 Å². The van der Waals surface area contributed by atoms with Crippen LogP contribution in [0.3, 0.4) is 0 Å². The number of carbonyl (C=O) groups is 1. The van der Waals surface area contributed by atoms with E-state index in [1.807, 2.05) is 42.5 Å². The molecule has 0 atom stereocenters. The molecular weight excluding hydrogens is 459 g/mol. The number of hydrogen-bond donors (Lipinski definition) is 1. The highest BCUT2D eigenvalue weighted by atomic mass is 35.5. The Balaban J connectivity index is 1.63. The van der Waals surface area contributed by atoms with Gasteiger partial charge >= 0.3 is 0 Å². The molecule has 0 aliphatic rings. The summed E-state index contributed by atoms with van der Waals surface area (Å²) in [5.41, 5.74) is 1.74. The van der Waals surface area contributed by atoms with Gasteiger partial charge in [0.15, 0.2) is 0 Å². The van der Waals surface area contributed by atoms with Crippen LogP contribution >= 0.6 is 23.4 Å². The van der Waals surface area contributed by atoms with Gasteiger partial charge in [-0.3, -0.25) is 9.10 Å². The minimum Gasteiger partial charge on any atom is -0.325 e. The van der Waals surface area contributed by atoms with Gasteiger partial charge in [-0.2, -0.15) is 0 Å². The van der Waals surface area contributed by atoms with Gasteiger partial charge in [0.25, 0.3) is 0 Å². The maximum absolute atomic E-state index is 13.4. The fourth-order valence-electron chi connectivity index (χ4n) is 2.74. The molecule has 3 aromatic rings. The van der Waals surface area contributed by atoms with Crippen LogP contribution in [0.1, 0.15) is 5.56 Å². The number of carbonyl (C=O) groups excluding carboxylic acids is 1. The van der Waals surface area contributed by atoms with Crippen LogP contribution in [0.15, 0.2) is 77.7 Å². The number of amides is 1. The summed E-state index contributed by atoms with van der Waals surface area (Å²) in [5.74, 6) is -0.420. The Hall–Kier alpha value is -2.55. The Morgan fingerprint density at radius 1 is 1.06 bits per heavy atom. The zero-order valence-corrected chi connectivity index (χ0v) is 19.0. The van der Waals surface area contributed by atoms with Crippen LogP contribution < -0.4 is 9.62 Å². The molecule has 31 heavy (non-hydrogen) atoms. The number of sulfonamides is 1. The van der Waals surface area contributed by atoms with E-state index in [4.69, 9.17) is 11.6 Å². The third-order valence-electron chi connectivity index (χ3n) is 4.27. The standard InChI is InChI=1S/C22H20ClFN2O3S2/c1-31(28,29)26(18-11-12-21(24)20(23)13-18)14-22(27)25-17-9-7-16(8-10-17)15-30-19-5-3-2-4-6-19/h2-13H,14-15H2,1H3,(H,25,27). The molecule has 0 spiro atoms. The molecule has 3 aromatic carbocycles. The molecule has 3 rings (SSSR count). The van der Waals surface area contributed by atoms with Gasteiger partial charge in [0.1, 0.15) is 12.4 Å². The molecule has 0 saturated carbocycles. The van der Waals surface area contributed by atoms with Crippen LogP contribution in [0.4, 0.5) is 15.8 Å². The molecule has 1 N–H and O–H groups in total. The zero-order valence-electron chi connectivity index (χ0n) is 16.6. The molecule has 9 heteroatoms. The van der Waals surface area contributed by atoms with E-state index in [1.165, 1.54) is 17.0 Å². The van der Waals surface area contributed by atoms with E-state index in [2.05, 4.69) is 5.32 Å². The van der Waals surface area contributed by atoms with Crippen molar-refractivity contribution in [3.8, 4) is 0 Å². The molecule has 0 fully saturated rings. The molecule has 0 bridgehead atoms. The second-order valence-electron chi connectivity index (χ2n) is 6.71. The van der Waals surface area contributed by atoms with Gasteiger partial charge in [0.2, 0.25) is 15.9 Å². The second kappa shape index (κ2) is 10.2. The van der Waals surface area contributed by atoms with Crippen LogP contribution in [0.25, 0.3) is 0 Å². The lowest BCUT2D eigenvalue weighted by atomic mass is 10.2. The Bertz CT molecular complexity index is 1160. The normalized spacial score (nSPS) is 11.2.